The normalized spacial score (nSPS) is 13.9. The molecule has 0 saturated heterocycles. The molecule has 0 aromatic rings. The topological polar surface area (TPSA) is 97.7 Å². The molecule has 0 aliphatic heterocycles. The van der Waals surface area contributed by atoms with Gasteiger partial charge in [0.05, 0.1) is 0 Å². The van der Waals surface area contributed by atoms with Gasteiger partial charge in [0, 0.05) is 0 Å². The van der Waals surface area contributed by atoms with E-state index in [-0.39, 0.29) is 12.8 Å². The first-order valence-corrected chi connectivity index (χ1v) is 10.4. The third-order valence-corrected chi connectivity index (χ3v) is 7.25. The first-order valence-electron chi connectivity index (χ1n) is 6.75. The van der Waals surface area contributed by atoms with E-state index in [9.17, 15) is 9.46 Å². The summed E-state index contributed by atoms with van der Waals surface area (Å²) in [7, 11) is -0.659. The van der Waals surface area contributed by atoms with Crippen LogP contribution in [0.1, 0.15) is 6.42 Å². The van der Waals surface area contributed by atoms with Crippen molar-refractivity contribution in [3.8, 4) is 0 Å². The van der Waals surface area contributed by atoms with Crippen LogP contribution >= 0.6 is 15.5 Å². The molecule has 0 fully saturated rings. The number of nitrogens with zero attached hydrogens (tertiary/aromatic N) is 1. The molecule has 0 rings (SSSR count). The van der Waals surface area contributed by atoms with Crippen LogP contribution in [-0.2, 0) is 22.7 Å². The quantitative estimate of drug-likeness (QED) is 0.474. The van der Waals surface area contributed by atoms with Crippen molar-refractivity contribution in [1.29, 1.82) is 0 Å². The molecule has 0 aromatic heterocycles. The third-order valence-electron chi connectivity index (χ3n) is 3.26. The van der Waals surface area contributed by atoms with Crippen LogP contribution in [0.4, 0.5) is 0 Å². The Labute approximate surface area is 127 Å². The van der Waals surface area contributed by atoms with Crippen LogP contribution in [0.25, 0.3) is 0 Å². The molecule has 0 aliphatic rings. The van der Waals surface area contributed by atoms with Crippen LogP contribution < -0.4 is 0 Å². The van der Waals surface area contributed by atoms with Gasteiger partial charge in [-0.05, 0) is 0 Å². The average Bonchev–Trinajstić information content (AvgIpc) is 2.53. The summed E-state index contributed by atoms with van der Waals surface area (Å²) < 4.78 is 31.9. The summed E-state index contributed by atoms with van der Waals surface area (Å²) >= 11 is 0. The zero-order valence-electron chi connectivity index (χ0n) is 13.3. The van der Waals surface area contributed by atoms with Crippen LogP contribution in [0.3, 0.4) is 0 Å². The van der Waals surface area contributed by atoms with E-state index in [1.807, 2.05) is 4.90 Å². The summed E-state index contributed by atoms with van der Waals surface area (Å²) in [6, 6.07) is 0. The summed E-state index contributed by atoms with van der Waals surface area (Å²) in [5.74, 6) is 0. The summed E-state index contributed by atoms with van der Waals surface area (Å²) in [6.45, 7) is 1.66. The summed E-state index contributed by atoms with van der Waals surface area (Å²) in [6.07, 6.45) is 1.19. The van der Waals surface area contributed by atoms with E-state index in [1.165, 1.54) is 28.4 Å². The molecule has 0 saturated carbocycles. The maximum absolute atomic E-state index is 12.0. The van der Waals surface area contributed by atoms with Crippen molar-refractivity contribution in [3.05, 3.63) is 0 Å². The van der Waals surface area contributed by atoms with Crippen molar-refractivity contribution < 1.29 is 32.7 Å². The van der Waals surface area contributed by atoms with Crippen LogP contribution in [-0.4, -0.2) is 81.9 Å². The van der Waals surface area contributed by atoms with Crippen LogP contribution in [0.15, 0.2) is 0 Å². The van der Waals surface area contributed by atoms with E-state index in [0.29, 0.717) is 32.2 Å². The van der Waals surface area contributed by atoms with Crippen molar-refractivity contribution >= 4 is 15.5 Å². The fourth-order valence-corrected chi connectivity index (χ4v) is 3.95. The molecule has 0 heterocycles. The van der Waals surface area contributed by atoms with Crippen LogP contribution in [0, 0.1) is 0 Å². The predicted octanol–water partition coefficient (Wildman–Crippen LogP) is 0.937. The Balaban J connectivity index is 4.48. The van der Waals surface area contributed by atoms with E-state index < -0.39 is 15.5 Å². The second-order valence-electron chi connectivity index (χ2n) is 4.49. The third kappa shape index (κ3) is 8.55. The van der Waals surface area contributed by atoms with E-state index in [0.717, 1.165) is 0 Å². The Hall–Kier alpha value is 0.380. The Morgan fingerprint density at radius 3 is 2.05 bits per heavy atom. The minimum atomic E-state index is -3.13. The fraction of sp³-hybridized carbons (Fsp3) is 1.00. The molecule has 0 unspecified atom stereocenters. The average molecular weight is 349 g/mol. The van der Waals surface area contributed by atoms with Gasteiger partial charge in [0.25, 0.3) is 0 Å². The van der Waals surface area contributed by atoms with Gasteiger partial charge in [-0.25, -0.2) is 0 Å². The maximum atomic E-state index is 12.0. The van der Waals surface area contributed by atoms with E-state index in [2.05, 4.69) is 0 Å². The van der Waals surface area contributed by atoms with E-state index in [4.69, 9.17) is 23.2 Å². The molecule has 0 bridgehead atoms. The van der Waals surface area contributed by atoms with Crippen molar-refractivity contribution in [2.45, 2.75) is 6.42 Å². The molecule has 130 valence electrons. The molecule has 0 atom stereocenters. The van der Waals surface area contributed by atoms with Gasteiger partial charge in [0.15, 0.2) is 0 Å². The molecule has 0 radical (unpaired) electrons. The predicted molar refractivity (Wildman–Crippen MR) is 84.1 cm³/mol. The summed E-state index contributed by atoms with van der Waals surface area (Å²) in [4.78, 5) is 12.0. The van der Waals surface area contributed by atoms with Crippen LogP contribution in [0.2, 0.25) is 0 Å². The molecular weight excluding hydrogens is 320 g/mol. The molecule has 0 aromatic carbocycles. The SMILES string of the molecule is COP(=O)(CCN(CCCO)CC[PH](O)(OC)OC)OC. The zero-order chi connectivity index (χ0) is 16.4. The first-order chi connectivity index (χ1) is 9.88. The van der Waals surface area contributed by atoms with Gasteiger partial charge in [-0.1, -0.05) is 0 Å². The fourth-order valence-electron chi connectivity index (χ4n) is 1.74. The van der Waals surface area contributed by atoms with Gasteiger partial charge in [0.2, 0.25) is 0 Å². The summed E-state index contributed by atoms with van der Waals surface area (Å²) in [5, 5.41) is 8.94. The van der Waals surface area contributed by atoms with Gasteiger partial charge in [-0.3, -0.25) is 0 Å². The van der Waals surface area contributed by atoms with Crippen molar-refractivity contribution in [2.24, 2.45) is 0 Å². The Bertz CT molecular complexity index is 307. The molecule has 8 nitrogen and oxygen atoms in total. The molecule has 2 N–H and O–H groups in total. The number of hydrogen-bond acceptors (Lipinski definition) is 8. The number of rotatable bonds is 13. The van der Waals surface area contributed by atoms with Gasteiger partial charge >= 0.3 is 127 Å². The monoisotopic (exact) mass is 349 g/mol. The Kier molecular flexibility index (Phi) is 11.2. The van der Waals surface area contributed by atoms with E-state index in [1.54, 1.807) is 0 Å². The molecule has 21 heavy (non-hydrogen) atoms. The first kappa shape index (κ1) is 21.4. The zero-order valence-corrected chi connectivity index (χ0v) is 15.2. The molecule has 0 amide bonds. The molecule has 10 heteroatoms. The van der Waals surface area contributed by atoms with Crippen LogP contribution in [0.5, 0.6) is 0 Å². The van der Waals surface area contributed by atoms with Crippen molar-refractivity contribution in [2.75, 3.05) is 67.0 Å². The summed E-state index contributed by atoms with van der Waals surface area (Å²) in [5.41, 5.74) is 0. The molecular formula is C11H29NO7P2. The molecule has 0 spiro atoms. The number of aliphatic hydroxyl groups is 1. The Morgan fingerprint density at radius 1 is 1.05 bits per heavy atom. The number of hydrogen-bond donors (Lipinski definition) is 2. The van der Waals surface area contributed by atoms with Gasteiger partial charge in [-0.15, -0.1) is 0 Å². The van der Waals surface area contributed by atoms with Gasteiger partial charge in [-0.2, -0.15) is 0 Å². The minimum absolute atomic E-state index is 0.0684. The standard InChI is InChI=1S/C11H29NO7P2/c1-16-20(14,17-2)10-7-12(6-5-9-13)8-11-21(15,18-3)19-4/h13-14,20H,5-11H2,1-4H3. The van der Waals surface area contributed by atoms with Crippen molar-refractivity contribution in [3.63, 3.8) is 0 Å². The second-order valence-corrected chi connectivity index (χ2v) is 9.63. The molecule has 0 aliphatic carbocycles. The van der Waals surface area contributed by atoms with Gasteiger partial charge in [0.1, 0.15) is 0 Å². The van der Waals surface area contributed by atoms with Crippen molar-refractivity contribution in [1.82, 2.24) is 4.90 Å². The van der Waals surface area contributed by atoms with E-state index >= 15 is 0 Å². The second kappa shape index (κ2) is 11.0. The Morgan fingerprint density at radius 2 is 1.62 bits per heavy atom. The number of aliphatic hydroxyl groups excluding tert-OH is 1. The van der Waals surface area contributed by atoms with Gasteiger partial charge < -0.3 is 0 Å².